The Balaban J connectivity index is 1.12. The second kappa shape index (κ2) is 9.12. The third-order valence-electron chi connectivity index (χ3n) is 6.59. The van der Waals surface area contributed by atoms with Crippen LogP contribution >= 0.6 is 11.6 Å². The number of hydrogen-bond donors (Lipinski definition) is 0. The zero-order valence-corrected chi connectivity index (χ0v) is 18.3. The van der Waals surface area contributed by atoms with Crippen LogP contribution in [0.25, 0.3) is 11.3 Å². The van der Waals surface area contributed by atoms with Crippen molar-refractivity contribution in [1.29, 1.82) is 0 Å². The zero-order chi connectivity index (χ0) is 22.1. The van der Waals surface area contributed by atoms with Gasteiger partial charge in [0.15, 0.2) is 0 Å². The van der Waals surface area contributed by atoms with Crippen LogP contribution in [-0.2, 0) is 6.54 Å². The largest absolute Gasteiger partial charge is 0.476 e. The van der Waals surface area contributed by atoms with Crippen LogP contribution < -0.4 is 4.74 Å². The van der Waals surface area contributed by atoms with E-state index < -0.39 is 0 Å². The van der Waals surface area contributed by atoms with Gasteiger partial charge in [-0.3, -0.25) is 4.90 Å². The summed E-state index contributed by atoms with van der Waals surface area (Å²) in [7, 11) is 0. The van der Waals surface area contributed by atoms with E-state index in [2.05, 4.69) is 15.1 Å². The first-order chi connectivity index (χ1) is 15.5. The maximum absolute atomic E-state index is 13.9. The maximum Gasteiger partial charge on any atom is 0.233 e. The second-order valence-corrected chi connectivity index (χ2v) is 9.24. The highest BCUT2D eigenvalue weighted by Gasteiger charge is 2.41. The van der Waals surface area contributed by atoms with Crippen LogP contribution in [0.1, 0.15) is 18.4 Å². The number of benzene rings is 2. The summed E-state index contributed by atoms with van der Waals surface area (Å²) in [4.78, 5) is 2.37. The molecule has 1 unspecified atom stereocenters. The van der Waals surface area contributed by atoms with Crippen LogP contribution in [0.3, 0.4) is 0 Å². The fourth-order valence-corrected chi connectivity index (χ4v) is 5.31. The fourth-order valence-electron chi connectivity index (χ4n) is 5.09. The van der Waals surface area contributed by atoms with Crippen molar-refractivity contribution >= 4 is 11.6 Å². The van der Waals surface area contributed by atoms with E-state index in [1.165, 1.54) is 24.3 Å². The molecule has 166 valence electrons. The fraction of sp³-hybridized carbons (Fsp3) is 0.360. The number of aromatic nitrogens is 2. The molecule has 0 N–H and O–H groups in total. The molecule has 1 saturated carbocycles. The molecule has 7 heteroatoms. The maximum atomic E-state index is 13.9. The van der Waals surface area contributed by atoms with Crippen LogP contribution in [0.15, 0.2) is 54.6 Å². The molecule has 2 aliphatic rings. The minimum atomic E-state index is -0.370. The first-order valence-corrected chi connectivity index (χ1v) is 11.3. The van der Waals surface area contributed by atoms with E-state index in [1.54, 1.807) is 18.2 Å². The van der Waals surface area contributed by atoms with E-state index in [1.807, 2.05) is 12.1 Å². The van der Waals surface area contributed by atoms with Crippen molar-refractivity contribution in [3.63, 3.8) is 0 Å². The Kier molecular flexibility index (Phi) is 6.07. The van der Waals surface area contributed by atoms with Gasteiger partial charge < -0.3 is 4.74 Å². The SMILES string of the molecule is Fc1ccc(Cl)c(-c2ccc(OCC3C[C@@H]4CN(Cc5ccccc5F)C[C@@H]4C3)nn2)c1. The van der Waals surface area contributed by atoms with E-state index >= 15 is 0 Å². The lowest BCUT2D eigenvalue weighted by atomic mass is 10.0. The summed E-state index contributed by atoms with van der Waals surface area (Å²) < 4.78 is 33.3. The third kappa shape index (κ3) is 4.62. The summed E-state index contributed by atoms with van der Waals surface area (Å²) in [6, 6.07) is 14.7. The first-order valence-electron chi connectivity index (χ1n) is 10.9. The average Bonchev–Trinajstić information content (AvgIpc) is 3.34. The van der Waals surface area contributed by atoms with Gasteiger partial charge in [-0.05, 0) is 60.9 Å². The summed E-state index contributed by atoms with van der Waals surface area (Å²) in [5.41, 5.74) is 1.79. The Morgan fingerprint density at radius 1 is 0.969 bits per heavy atom. The van der Waals surface area contributed by atoms with Crippen LogP contribution in [0.5, 0.6) is 5.88 Å². The van der Waals surface area contributed by atoms with Crippen LogP contribution in [0.2, 0.25) is 5.02 Å². The first kappa shape index (κ1) is 21.3. The smallest absolute Gasteiger partial charge is 0.233 e. The predicted octanol–water partition coefficient (Wildman–Crippen LogP) is 5.61. The van der Waals surface area contributed by atoms with Crippen molar-refractivity contribution in [2.45, 2.75) is 19.4 Å². The molecule has 4 nitrogen and oxygen atoms in total. The monoisotopic (exact) mass is 455 g/mol. The van der Waals surface area contributed by atoms with Crippen molar-refractivity contribution in [2.24, 2.45) is 17.8 Å². The second-order valence-electron chi connectivity index (χ2n) is 8.84. The van der Waals surface area contributed by atoms with Gasteiger partial charge in [0.05, 0.1) is 17.3 Å². The quantitative estimate of drug-likeness (QED) is 0.484. The normalized spacial score (nSPS) is 22.8. The molecule has 0 radical (unpaired) electrons. The molecule has 3 atom stereocenters. The van der Waals surface area contributed by atoms with Crippen LogP contribution in [0.4, 0.5) is 8.78 Å². The summed E-state index contributed by atoms with van der Waals surface area (Å²) in [5, 5.41) is 8.70. The van der Waals surface area contributed by atoms with E-state index in [-0.39, 0.29) is 11.6 Å². The Labute approximate surface area is 191 Å². The van der Waals surface area contributed by atoms with Crippen LogP contribution in [-0.4, -0.2) is 34.8 Å². The molecule has 32 heavy (non-hydrogen) atoms. The lowest BCUT2D eigenvalue weighted by Gasteiger charge is -2.19. The number of likely N-dealkylation sites (tertiary alicyclic amines) is 1. The lowest BCUT2D eigenvalue weighted by Crippen LogP contribution is -2.23. The van der Waals surface area contributed by atoms with Gasteiger partial charge >= 0.3 is 0 Å². The number of fused-ring (bicyclic) bond motifs is 1. The zero-order valence-electron chi connectivity index (χ0n) is 17.6. The van der Waals surface area contributed by atoms with Gasteiger partial charge in [-0.25, -0.2) is 8.78 Å². The van der Waals surface area contributed by atoms with Gasteiger partial charge in [0.1, 0.15) is 11.6 Å². The summed E-state index contributed by atoms with van der Waals surface area (Å²) >= 11 is 6.14. The van der Waals surface area contributed by atoms with Gasteiger partial charge in [-0.1, -0.05) is 29.8 Å². The molecule has 2 heterocycles. The summed E-state index contributed by atoms with van der Waals surface area (Å²) in [6.45, 7) is 3.31. The lowest BCUT2D eigenvalue weighted by molar-refractivity contribution is 0.219. The van der Waals surface area contributed by atoms with Gasteiger partial charge in [-0.2, -0.15) is 0 Å². The topological polar surface area (TPSA) is 38.2 Å². The van der Waals surface area contributed by atoms with E-state index in [4.69, 9.17) is 16.3 Å². The molecule has 0 amide bonds. The molecule has 1 aromatic heterocycles. The Bertz CT molecular complexity index is 1080. The van der Waals surface area contributed by atoms with Crippen molar-refractivity contribution in [3.8, 4) is 17.1 Å². The predicted molar refractivity (Wildman–Crippen MR) is 119 cm³/mol. The minimum Gasteiger partial charge on any atom is -0.476 e. The molecule has 5 rings (SSSR count). The number of nitrogens with zero attached hydrogens (tertiary/aromatic N) is 3. The molecule has 0 spiro atoms. The van der Waals surface area contributed by atoms with Gasteiger partial charge in [-0.15, -0.1) is 10.2 Å². The molecule has 1 saturated heterocycles. The van der Waals surface area contributed by atoms with E-state index in [0.717, 1.165) is 31.5 Å². The standard InChI is InChI=1S/C25H24ClF2N3O/c26-22-6-5-20(27)11-21(22)24-7-8-25(30-29-24)32-15-16-9-18-13-31(14-19(18)10-16)12-17-3-1-2-4-23(17)28/h1-8,11,16,18-19H,9-10,12-15H2/t16?,18-,19+. The third-order valence-corrected chi connectivity index (χ3v) is 6.92. The summed E-state index contributed by atoms with van der Waals surface area (Å²) in [6.07, 6.45) is 2.23. The van der Waals surface area contributed by atoms with E-state index in [9.17, 15) is 8.78 Å². The van der Waals surface area contributed by atoms with Gasteiger partial charge in [0, 0.05) is 36.8 Å². The van der Waals surface area contributed by atoms with Crippen molar-refractivity contribution in [3.05, 3.63) is 76.8 Å². The Morgan fingerprint density at radius 3 is 2.47 bits per heavy atom. The number of ether oxygens (including phenoxy) is 1. The molecular weight excluding hydrogens is 432 g/mol. The molecule has 2 aromatic carbocycles. The molecule has 3 aromatic rings. The minimum absolute atomic E-state index is 0.123. The van der Waals surface area contributed by atoms with Gasteiger partial charge in [0.2, 0.25) is 5.88 Å². The Hall–Kier alpha value is -2.57. The molecule has 0 bridgehead atoms. The molecule has 1 aliphatic heterocycles. The molecule has 2 fully saturated rings. The van der Waals surface area contributed by atoms with Crippen molar-refractivity contribution in [1.82, 2.24) is 15.1 Å². The van der Waals surface area contributed by atoms with Crippen molar-refractivity contribution in [2.75, 3.05) is 19.7 Å². The van der Waals surface area contributed by atoms with E-state index in [0.29, 0.717) is 53.1 Å². The average molecular weight is 456 g/mol. The van der Waals surface area contributed by atoms with Crippen molar-refractivity contribution < 1.29 is 13.5 Å². The Morgan fingerprint density at radius 2 is 1.75 bits per heavy atom. The number of halogens is 3. The number of hydrogen-bond acceptors (Lipinski definition) is 4. The molecular formula is C25H24ClF2N3O. The highest BCUT2D eigenvalue weighted by Crippen LogP contribution is 2.42. The summed E-state index contributed by atoms with van der Waals surface area (Å²) in [5.74, 6) is 1.73. The highest BCUT2D eigenvalue weighted by atomic mass is 35.5. The molecule has 1 aliphatic carbocycles. The van der Waals surface area contributed by atoms with Gasteiger partial charge in [0.25, 0.3) is 0 Å². The van der Waals surface area contributed by atoms with Crippen LogP contribution in [0, 0.1) is 29.4 Å². The highest BCUT2D eigenvalue weighted by molar-refractivity contribution is 6.33. The number of rotatable bonds is 6.